The van der Waals surface area contributed by atoms with Crippen LogP contribution in [-0.2, 0) is 4.79 Å². The molecule has 0 unspecified atom stereocenters. The van der Waals surface area contributed by atoms with Crippen LogP contribution in [0.1, 0.15) is 51.0 Å². The van der Waals surface area contributed by atoms with Gasteiger partial charge in [-0.05, 0) is 60.5 Å². The lowest BCUT2D eigenvalue weighted by atomic mass is 10.1. The largest absolute Gasteiger partial charge is 0.494 e. The summed E-state index contributed by atoms with van der Waals surface area (Å²) in [6, 6.07) is 13.0. The Morgan fingerprint density at radius 1 is 0.931 bits per heavy atom. The first kappa shape index (κ1) is 22.4. The average Bonchev–Trinajstić information content (AvgIpc) is 2.74. The second-order valence-corrected chi connectivity index (χ2v) is 6.72. The molecule has 0 spiro atoms. The minimum absolute atomic E-state index is 0.200. The van der Waals surface area contributed by atoms with Crippen molar-refractivity contribution in [3.63, 3.8) is 0 Å². The maximum Gasteiger partial charge on any atom is 0.277 e. The van der Waals surface area contributed by atoms with Gasteiger partial charge in [-0.1, -0.05) is 39.0 Å². The van der Waals surface area contributed by atoms with Gasteiger partial charge in [0.05, 0.1) is 12.8 Å². The number of carbonyl (C=O) groups is 1. The number of carbonyl (C=O) groups excluding carboxylic acids is 1. The van der Waals surface area contributed by atoms with Gasteiger partial charge in [0.2, 0.25) is 0 Å². The predicted molar refractivity (Wildman–Crippen MR) is 113 cm³/mol. The molecule has 0 aromatic heterocycles. The lowest BCUT2D eigenvalue weighted by molar-refractivity contribution is -0.123. The van der Waals surface area contributed by atoms with E-state index in [1.807, 2.05) is 24.3 Å². The molecule has 2 rings (SSSR count). The zero-order valence-corrected chi connectivity index (χ0v) is 16.9. The number of hydrogen-bond donors (Lipinski definition) is 1. The van der Waals surface area contributed by atoms with E-state index in [0.29, 0.717) is 5.75 Å². The summed E-state index contributed by atoms with van der Waals surface area (Å²) in [7, 11) is 0. The number of nitrogens with zero attached hydrogens (tertiary/aromatic N) is 1. The number of amides is 1. The van der Waals surface area contributed by atoms with E-state index in [2.05, 4.69) is 17.5 Å². The van der Waals surface area contributed by atoms with Crippen molar-refractivity contribution < 1.29 is 18.7 Å². The summed E-state index contributed by atoms with van der Waals surface area (Å²) in [6.07, 6.45) is 8.97. The minimum atomic E-state index is -0.399. The Labute approximate surface area is 171 Å². The molecule has 0 aliphatic heterocycles. The van der Waals surface area contributed by atoms with E-state index in [1.165, 1.54) is 56.4 Å². The molecule has 0 atom stereocenters. The Hall–Kier alpha value is -2.89. The number of benzene rings is 2. The number of ether oxygens (including phenoxy) is 2. The molecule has 0 fully saturated rings. The highest BCUT2D eigenvalue weighted by atomic mass is 19.1. The molecule has 0 bridgehead atoms. The quantitative estimate of drug-likeness (QED) is 0.289. The first-order valence-electron chi connectivity index (χ1n) is 10.1. The van der Waals surface area contributed by atoms with Crippen LogP contribution in [0.2, 0.25) is 0 Å². The van der Waals surface area contributed by atoms with Gasteiger partial charge in [-0.15, -0.1) is 0 Å². The van der Waals surface area contributed by atoms with Crippen molar-refractivity contribution in [1.82, 2.24) is 5.43 Å². The summed E-state index contributed by atoms with van der Waals surface area (Å²) in [6.45, 7) is 2.74. The molecular weight excluding hydrogens is 371 g/mol. The van der Waals surface area contributed by atoms with Crippen LogP contribution >= 0.6 is 0 Å². The van der Waals surface area contributed by atoms with Gasteiger partial charge in [0.15, 0.2) is 6.61 Å². The molecule has 0 radical (unpaired) electrons. The van der Waals surface area contributed by atoms with Crippen LogP contribution in [0.5, 0.6) is 11.5 Å². The Morgan fingerprint density at radius 2 is 1.55 bits per heavy atom. The lowest BCUT2D eigenvalue weighted by Gasteiger charge is -2.06. The number of hydrogen-bond acceptors (Lipinski definition) is 4. The molecule has 0 heterocycles. The molecule has 0 aliphatic carbocycles. The maximum absolute atomic E-state index is 12.8. The van der Waals surface area contributed by atoms with E-state index in [-0.39, 0.29) is 12.4 Å². The van der Waals surface area contributed by atoms with Gasteiger partial charge < -0.3 is 9.47 Å². The van der Waals surface area contributed by atoms with Gasteiger partial charge >= 0.3 is 0 Å². The van der Waals surface area contributed by atoms with Crippen LogP contribution in [0.3, 0.4) is 0 Å². The van der Waals surface area contributed by atoms with Crippen LogP contribution in [-0.4, -0.2) is 25.3 Å². The van der Waals surface area contributed by atoms with Crippen molar-refractivity contribution in [3.8, 4) is 11.5 Å². The van der Waals surface area contributed by atoms with E-state index in [4.69, 9.17) is 9.47 Å². The van der Waals surface area contributed by atoms with Crippen LogP contribution < -0.4 is 14.9 Å². The molecular formula is C23H29FN2O3. The van der Waals surface area contributed by atoms with Gasteiger partial charge in [-0.3, -0.25) is 4.79 Å². The second-order valence-electron chi connectivity index (χ2n) is 6.72. The standard InChI is InChI=1S/C23H29FN2O3/c1-2-3-4-5-6-7-16-28-21-12-8-19(9-13-21)17-25-26-23(27)18-29-22-14-10-20(24)11-15-22/h8-15,17H,2-7,16,18H2,1H3,(H,26,27)/b25-17-. The molecule has 1 N–H and O–H groups in total. The fraction of sp³-hybridized carbons (Fsp3) is 0.391. The van der Waals surface area contributed by atoms with E-state index in [0.717, 1.165) is 24.3 Å². The Kier molecular flexibility index (Phi) is 10.3. The molecule has 2 aromatic carbocycles. The van der Waals surface area contributed by atoms with Crippen molar-refractivity contribution in [2.45, 2.75) is 45.4 Å². The summed E-state index contributed by atoms with van der Waals surface area (Å²) >= 11 is 0. The molecule has 0 aliphatic rings. The first-order valence-corrected chi connectivity index (χ1v) is 10.1. The van der Waals surface area contributed by atoms with Crippen molar-refractivity contribution in [1.29, 1.82) is 0 Å². The molecule has 156 valence electrons. The van der Waals surface area contributed by atoms with Crippen LogP contribution in [0.25, 0.3) is 0 Å². The molecule has 1 amide bonds. The van der Waals surface area contributed by atoms with Gasteiger partial charge in [-0.2, -0.15) is 5.10 Å². The summed E-state index contributed by atoms with van der Waals surface area (Å²) in [5.74, 6) is 0.490. The highest BCUT2D eigenvalue weighted by molar-refractivity contribution is 5.83. The summed E-state index contributed by atoms with van der Waals surface area (Å²) in [5.41, 5.74) is 3.23. The molecule has 0 saturated heterocycles. The van der Waals surface area contributed by atoms with E-state index >= 15 is 0 Å². The van der Waals surface area contributed by atoms with Gasteiger partial charge in [0, 0.05) is 0 Å². The summed E-state index contributed by atoms with van der Waals surface area (Å²) in [5, 5.41) is 3.90. The monoisotopic (exact) mass is 400 g/mol. The topological polar surface area (TPSA) is 59.9 Å². The molecule has 29 heavy (non-hydrogen) atoms. The number of nitrogens with one attached hydrogen (secondary N) is 1. The smallest absolute Gasteiger partial charge is 0.277 e. The number of hydrazone groups is 1. The molecule has 5 nitrogen and oxygen atoms in total. The predicted octanol–water partition coefficient (Wildman–Crippen LogP) is 5.09. The third kappa shape index (κ3) is 9.74. The third-order valence-electron chi connectivity index (χ3n) is 4.23. The van der Waals surface area contributed by atoms with Crippen molar-refractivity contribution in [3.05, 3.63) is 59.9 Å². The number of rotatable bonds is 13. The number of halogens is 1. The SMILES string of the molecule is CCCCCCCCOc1ccc(/C=N\NC(=O)COc2ccc(F)cc2)cc1. The Morgan fingerprint density at radius 3 is 2.28 bits per heavy atom. The Bertz CT molecular complexity index is 746. The van der Waals surface area contributed by atoms with Crippen molar-refractivity contribution >= 4 is 12.1 Å². The van der Waals surface area contributed by atoms with E-state index in [9.17, 15) is 9.18 Å². The van der Waals surface area contributed by atoms with Gasteiger partial charge in [0.25, 0.3) is 5.91 Å². The fourth-order valence-corrected chi connectivity index (χ4v) is 2.61. The highest BCUT2D eigenvalue weighted by Crippen LogP contribution is 2.13. The van der Waals surface area contributed by atoms with Crippen LogP contribution in [0.15, 0.2) is 53.6 Å². The summed E-state index contributed by atoms with van der Waals surface area (Å²) in [4.78, 5) is 11.7. The average molecular weight is 400 g/mol. The third-order valence-corrected chi connectivity index (χ3v) is 4.23. The summed E-state index contributed by atoms with van der Waals surface area (Å²) < 4.78 is 23.8. The normalized spacial score (nSPS) is 10.8. The zero-order valence-electron chi connectivity index (χ0n) is 16.9. The highest BCUT2D eigenvalue weighted by Gasteiger charge is 2.01. The molecule has 0 saturated carbocycles. The maximum atomic E-state index is 12.8. The Balaban J connectivity index is 1.62. The van der Waals surface area contributed by atoms with Crippen molar-refractivity contribution in [2.24, 2.45) is 5.10 Å². The van der Waals surface area contributed by atoms with E-state index in [1.54, 1.807) is 6.21 Å². The van der Waals surface area contributed by atoms with Crippen LogP contribution in [0.4, 0.5) is 4.39 Å². The minimum Gasteiger partial charge on any atom is -0.494 e. The lowest BCUT2D eigenvalue weighted by Crippen LogP contribution is -2.24. The first-order chi connectivity index (χ1) is 14.2. The van der Waals surface area contributed by atoms with Gasteiger partial charge in [0.1, 0.15) is 17.3 Å². The second kappa shape index (κ2) is 13.3. The van der Waals surface area contributed by atoms with Crippen molar-refractivity contribution in [2.75, 3.05) is 13.2 Å². The molecule has 2 aromatic rings. The zero-order chi connectivity index (χ0) is 20.7. The van der Waals surface area contributed by atoms with Gasteiger partial charge in [-0.25, -0.2) is 9.82 Å². The van der Waals surface area contributed by atoms with Crippen LogP contribution in [0, 0.1) is 5.82 Å². The van der Waals surface area contributed by atoms with E-state index < -0.39 is 5.91 Å². The fourth-order valence-electron chi connectivity index (χ4n) is 2.61. The number of unbranched alkanes of at least 4 members (excludes halogenated alkanes) is 5. The molecule has 6 heteroatoms.